The van der Waals surface area contributed by atoms with Crippen molar-refractivity contribution in [1.29, 1.82) is 0 Å². The SMILES string of the molecule is O=C(Oc1ccc(-c2cc(=O)c3c(F)cccc3[nH]2)cc1)c1cccnc1. The first-order chi connectivity index (χ1) is 13.1. The van der Waals surface area contributed by atoms with Crippen LogP contribution in [0.1, 0.15) is 10.4 Å². The Morgan fingerprint density at radius 3 is 2.59 bits per heavy atom. The standard InChI is InChI=1S/C21H13FN2O3/c22-16-4-1-5-17-20(16)19(25)11-18(24-17)13-6-8-15(9-7-13)27-21(26)14-3-2-10-23-12-14/h1-12H,(H,24,25). The Balaban J connectivity index is 1.62. The number of esters is 1. The maximum atomic E-state index is 13.8. The third-order valence-corrected chi connectivity index (χ3v) is 4.08. The molecule has 0 spiro atoms. The van der Waals surface area contributed by atoms with E-state index < -0.39 is 17.2 Å². The van der Waals surface area contributed by atoms with Crippen LogP contribution in [0.5, 0.6) is 5.75 Å². The molecule has 4 rings (SSSR count). The van der Waals surface area contributed by atoms with Crippen molar-refractivity contribution in [1.82, 2.24) is 9.97 Å². The fraction of sp³-hybridized carbons (Fsp3) is 0. The van der Waals surface area contributed by atoms with Crippen molar-refractivity contribution >= 4 is 16.9 Å². The summed E-state index contributed by atoms with van der Waals surface area (Å²) in [5, 5.41) is 0.0308. The number of aromatic amines is 1. The number of hydrogen-bond donors (Lipinski definition) is 1. The van der Waals surface area contributed by atoms with Crippen LogP contribution >= 0.6 is 0 Å². The molecule has 132 valence electrons. The van der Waals surface area contributed by atoms with E-state index in [1.807, 2.05) is 0 Å². The van der Waals surface area contributed by atoms with Gasteiger partial charge in [0.15, 0.2) is 5.43 Å². The molecule has 1 N–H and O–H groups in total. The summed E-state index contributed by atoms with van der Waals surface area (Å²) in [6, 6.07) is 15.7. The first-order valence-electron chi connectivity index (χ1n) is 8.16. The molecular weight excluding hydrogens is 347 g/mol. The summed E-state index contributed by atoms with van der Waals surface area (Å²) in [4.78, 5) is 31.2. The van der Waals surface area contributed by atoms with Crippen molar-refractivity contribution in [2.24, 2.45) is 0 Å². The second kappa shape index (κ2) is 6.84. The Hall–Kier alpha value is -3.80. The molecule has 0 unspecified atom stereocenters. The van der Waals surface area contributed by atoms with E-state index in [1.54, 1.807) is 54.7 Å². The average Bonchev–Trinajstić information content (AvgIpc) is 2.69. The van der Waals surface area contributed by atoms with Gasteiger partial charge in [-0.15, -0.1) is 0 Å². The molecule has 0 saturated carbocycles. The van der Waals surface area contributed by atoms with Crippen LogP contribution < -0.4 is 10.2 Å². The number of rotatable bonds is 3. The number of carbonyl (C=O) groups is 1. The molecule has 0 radical (unpaired) electrons. The van der Waals surface area contributed by atoms with Gasteiger partial charge in [0.05, 0.1) is 16.5 Å². The Bertz CT molecular complexity index is 1190. The summed E-state index contributed by atoms with van der Waals surface area (Å²) in [6.07, 6.45) is 3.00. The summed E-state index contributed by atoms with van der Waals surface area (Å²) in [5.41, 5.74) is 1.62. The average molecular weight is 360 g/mol. The number of nitrogens with one attached hydrogen (secondary N) is 1. The summed E-state index contributed by atoms with van der Waals surface area (Å²) in [5.74, 6) is -0.704. The number of hydrogen-bond acceptors (Lipinski definition) is 4. The lowest BCUT2D eigenvalue weighted by atomic mass is 10.1. The molecule has 0 saturated heterocycles. The van der Waals surface area contributed by atoms with E-state index in [0.717, 1.165) is 0 Å². The van der Waals surface area contributed by atoms with Crippen molar-refractivity contribution in [3.8, 4) is 17.0 Å². The number of fused-ring (bicyclic) bond motifs is 1. The predicted molar refractivity (Wildman–Crippen MR) is 99.2 cm³/mol. The van der Waals surface area contributed by atoms with E-state index in [2.05, 4.69) is 9.97 Å². The monoisotopic (exact) mass is 360 g/mol. The first kappa shape index (κ1) is 16.7. The molecule has 27 heavy (non-hydrogen) atoms. The Morgan fingerprint density at radius 1 is 1.04 bits per heavy atom. The fourth-order valence-electron chi connectivity index (χ4n) is 2.77. The topological polar surface area (TPSA) is 72.1 Å². The highest BCUT2D eigenvalue weighted by molar-refractivity contribution is 5.90. The maximum Gasteiger partial charge on any atom is 0.345 e. The molecular formula is C21H13FN2O3. The molecule has 2 aromatic heterocycles. The van der Waals surface area contributed by atoms with Crippen LogP contribution in [0, 0.1) is 5.82 Å². The van der Waals surface area contributed by atoms with E-state index in [-0.39, 0.29) is 5.39 Å². The second-order valence-electron chi connectivity index (χ2n) is 5.87. The smallest absolute Gasteiger partial charge is 0.345 e. The van der Waals surface area contributed by atoms with Crippen LogP contribution in [0.2, 0.25) is 0 Å². The van der Waals surface area contributed by atoms with E-state index in [1.165, 1.54) is 18.3 Å². The quantitative estimate of drug-likeness (QED) is 0.444. The van der Waals surface area contributed by atoms with Crippen LogP contribution in [0.15, 0.2) is 77.9 Å². The van der Waals surface area contributed by atoms with Gasteiger partial charge < -0.3 is 9.72 Å². The van der Waals surface area contributed by atoms with Crippen molar-refractivity contribution in [3.05, 3.63) is 94.7 Å². The van der Waals surface area contributed by atoms with E-state index in [4.69, 9.17) is 4.74 Å². The minimum Gasteiger partial charge on any atom is -0.423 e. The van der Waals surface area contributed by atoms with E-state index in [0.29, 0.717) is 28.1 Å². The van der Waals surface area contributed by atoms with Gasteiger partial charge in [0.2, 0.25) is 0 Å². The number of pyridine rings is 2. The van der Waals surface area contributed by atoms with Gasteiger partial charge in [0.1, 0.15) is 11.6 Å². The van der Waals surface area contributed by atoms with Crippen molar-refractivity contribution in [3.63, 3.8) is 0 Å². The van der Waals surface area contributed by atoms with Crippen molar-refractivity contribution < 1.29 is 13.9 Å². The molecule has 0 fully saturated rings. The highest BCUT2D eigenvalue weighted by Crippen LogP contribution is 2.23. The highest BCUT2D eigenvalue weighted by Gasteiger charge is 2.10. The van der Waals surface area contributed by atoms with Gasteiger partial charge in [0.25, 0.3) is 0 Å². The van der Waals surface area contributed by atoms with E-state index in [9.17, 15) is 14.0 Å². The van der Waals surface area contributed by atoms with Gasteiger partial charge in [-0.25, -0.2) is 9.18 Å². The molecule has 0 atom stereocenters. The molecule has 0 aliphatic carbocycles. The van der Waals surface area contributed by atoms with Gasteiger partial charge in [-0.05, 0) is 54.1 Å². The normalized spacial score (nSPS) is 10.7. The van der Waals surface area contributed by atoms with Crippen LogP contribution in [0.25, 0.3) is 22.2 Å². The molecule has 4 aromatic rings. The predicted octanol–water partition coefficient (Wildman–Crippen LogP) is 3.95. The molecule has 0 aliphatic heterocycles. The van der Waals surface area contributed by atoms with Gasteiger partial charge in [-0.2, -0.15) is 0 Å². The lowest BCUT2D eigenvalue weighted by Crippen LogP contribution is -2.08. The van der Waals surface area contributed by atoms with Crippen LogP contribution in [0.4, 0.5) is 4.39 Å². The highest BCUT2D eigenvalue weighted by atomic mass is 19.1. The number of aromatic nitrogens is 2. The molecule has 2 heterocycles. The summed E-state index contributed by atoms with van der Waals surface area (Å²) < 4.78 is 19.1. The second-order valence-corrected chi connectivity index (χ2v) is 5.87. The van der Waals surface area contributed by atoms with Gasteiger partial charge in [-0.1, -0.05) is 6.07 Å². The minimum absolute atomic E-state index is 0.0308. The zero-order valence-corrected chi connectivity index (χ0v) is 14.0. The number of carbonyl (C=O) groups excluding carboxylic acids is 1. The number of ether oxygens (including phenoxy) is 1. The lowest BCUT2D eigenvalue weighted by Gasteiger charge is -2.07. The zero-order chi connectivity index (χ0) is 18.8. The van der Waals surface area contributed by atoms with Crippen molar-refractivity contribution in [2.45, 2.75) is 0 Å². The fourth-order valence-corrected chi connectivity index (χ4v) is 2.77. The minimum atomic E-state index is -0.557. The summed E-state index contributed by atoms with van der Waals surface area (Å²) in [7, 11) is 0. The molecule has 0 amide bonds. The largest absolute Gasteiger partial charge is 0.423 e. The van der Waals surface area contributed by atoms with Crippen LogP contribution in [-0.2, 0) is 0 Å². The molecule has 5 nitrogen and oxygen atoms in total. The molecule has 2 aromatic carbocycles. The Kier molecular flexibility index (Phi) is 4.22. The summed E-state index contributed by atoms with van der Waals surface area (Å²) in [6.45, 7) is 0. The third-order valence-electron chi connectivity index (χ3n) is 4.08. The van der Waals surface area contributed by atoms with Crippen molar-refractivity contribution in [2.75, 3.05) is 0 Å². The molecule has 0 bridgehead atoms. The lowest BCUT2D eigenvalue weighted by molar-refractivity contribution is 0.0734. The zero-order valence-electron chi connectivity index (χ0n) is 14.0. The van der Waals surface area contributed by atoms with Crippen LogP contribution in [0.3, 0.4) is 0 Å². The number of benzene rings is 2. The maximum absolute atomic E-state index is 13.8. The molecule has 6 heteroatoms. The number of H-pyrrole nitrogens is 1. The Labute approximate surface area is 153 Å². The van der Waals surface area contributed by atoms with E-state index >= 15 is 0 Å². The van der Waals surface area contributed by atoms with Gasteiger partial charge in [0, 0.05) is 24.2 Å². The number of nitrogens with zero attached hydrogens (tertiary/aromatic N) is 1. The number of halogens is 1. The first-order valence-corrected chi connectivity index (χ1v) is 8.16. The Morgan fingerprint density at radius 2 is 1.85 bits per heavy atom. The van der Waals surface area contributed by atoms with Gasteiger partial charge in [-0.3, -0.25) is 9.78 Å². The summed E-state index contributed by atoms with van der Waals surface area (Å²) >= 11 is 0. The molecule has 0 aliphatic rings. The van der Waals surface area contributed by atoms with Crippen LogP contribution in [-0.4, -0.2) is 15.9 Å². The third kappa shape index (κ3) is 3.32. The van der Waals surface area contributed by atoms with Gasteiger partial charge >= 0.3 is 5.97 Å².